The van der Waals surface area contributed by atoms with Crippen LogP contribution in [0.1, 0.15) is 33.8 Å². The van der Waals surface area contributed by atoms with Crippen LogP contribution in [0.2, 0.25) is 5.02 Å². The monoisotopic (exact) mass is 307 g/mol. The van der Waals surface area contributed by atoms with E-state index in [2.05, 4.69) is 10.3 Å². The highest BCUT2D eigenvalue weighted by Gasteiger charge is 2.17. The molecule has 20 heavy (non-hydrogen) atoms. The number of nitrogens with two attached hydrogens (primary N) is 1. The van der Waals surface area contributed by atoms with Crippen molar-refractivity contribution in [1.29, 1.82) is 0 Å². The summed E-state index contributed by atoms with van der Waals surface area (Å²) in [7, 11) is 0. The highest BCUT2D eigenvalue weighted by Crippen LogP contribution is 2.30. The number of halogens is 1. The average molecular weight is 308 g/mol. The molecule has 104 valence electrons. The van der Waals surface area contributed by atoms with Gasteiger partial charge in [-0.05, 0) is 43.9 Å². The molecule has 3 rings (SSSR count). The third kappa shape index (κ3) is 2.78. The SMILES string of the molecule is Nc1cc(Cl)cc(C(=O)Nc2nc3c(s2)CCCC3)c1. The number of benzene rings is 1. The third-order valence-electron chi connectivity index (χ3n) is 3.25. The highest BCUT2D eigenvalue weighted by molar-refractivity contribution is 7.15. The first-order chi connectivity index (χ1) is 9.61. The molecule has 1 aromatic heterocycles. The number of hydrogen-bond donors (Lipinski definition) is 2. The van der Waals surface area contributed by atoms with E-state index >= 15 is 0 Å². The van der Waals surface area contributed by atoms with Crippen molar-refractivity contribution in [2.45, 2.75) is 25.7 Å². The maximum atomic E-state index is 12.2. The number of carbonyl (C=O) groups excluding carboxylic acids is 1. The van der Waals surface area contributed by atoms with Gasteiger partial charge >= 0.3 is 0 Å². The summed E-state index contributed by atoms with van der Waals surface area (Å²) in [6, 6.07) is 4.82. The van der Waals surface area contributed by atoms with Crippen LogP contribution in [0.15, 0.2) is 18.2 Å². The molecule has 0 bridgehead atoms. The number of carbonyl (C=O) groups is 1. The minimum absolute atomic E-state index is 0.231. The summed E-state index contributed by atoms with van der Waals surface area (Å²) < 4.78 is 0. The topological polar surface area (TPSA) is 68.0 Å². The first-order valence-electron chi connectivity index (χ1n) is 6.48. The zero-order valence-electron chi connectivity index (χ0n) is 10.8. The molecule has 1 aliphatic rings. The van der Waals surface area contributed by atoms with Crippen LogP contribution in [0.3, 0.4) is 0 Å². The lowest BCUT2D eigenvalue weighted by molar-refractivity contribution is 0.102. The first kappa shape index (κ1) is 13.4. The molecule has 1 heterocycles. The molecular formula is C14H14ClN3OS. The van der Waals surface area contributed by atoms with Gasteiger partial charge in [0.1, 0.15) is 0 Å². The van der Waals surface area contributed by atoms with E-state index in [9.17, 15) is 4.79 Å². The lowest BCUT2D eigenvalue weighted by Gasteiger charge is -2.06. The molecule has 0 saturated carbocycles. The van der Waals surface area contributed by atoms with Gasteiger partial charge in [0.05, 0.1) is 5.69 Å². The van der Waals surface area contributed by atoms with Gasteiger partial charge in [-0.2, -0.15) is 0 Å². The zero-order chi connectivity index (χ0) is 14.1. The normalized spacial score (nSPS) is 13.8. The van der Waals surface area contributed by atoms with Crippen LogP contribution in [0.25, 0.3) is 0 Å². The van der Waals surface area contributed by atoms with E-state index in [1.807, 2.05) is 0 Å². The lowest BCUT2D eigenvalue weighted by Crippen LogP contribution is -2.12. The second-order valence-corrected chi connectivity index (χ2v) is 6.34. The number of fused-ring (bicyclic) bond motifs is 1. The quantitative estimate of drug-likeness (QED) is 0.834. The summed E-state index contributed by atoms with van der Waals surface area (Å²) >= 11 is 7.47. The predicted octanol–water partition coefficient (Wildman–Crippen LogP) is 3.51. The molecule has 2 aromatic rings. The number of nitrogens with one attached hydrogen (secondary N) is 1. The molecule has 4 nitrogen and oxygen atoms in total. The number of aryl methyl sites for hydroxylation is 2. The molecule has 3 N–H and O–H groups in total. The maximum Gasteiger partial charge on any atom is 0.257 e. The van der Waals surface area contributed by atoms with Crippen molar-refractivity contribution in [3.8, 4) is 0 Å². The van der Waals surface area contributed by atoms with Crippen LogP contribution in [0, 0.1) is 0 Å². The van der Waals surface area contributed by atoms with Crippen molar-refractivity contribution < 1.29 is 4.79 Å². The summed E-state index contributed by atoms with van der Waals surface area (Å²) in [5.41, 5.74) is 7.74. The Hall–Kier alpha value is -1.59. The number of rotatable bonds is 2. The number of thiazole rings is 1. The fraction of sp³-hybridized carbons (Fsp3) is 0.286. The summed E-state index contributed by atoms with van der Waals surface area (Å²) in [5, 5.41) is 3.93. The summed E-state index contributed by atoms with van der Waals surface area (Å²) in [5.74, 6) is -0.231. The first-order valence-corrected chi connectivity index (χ1v) is 7.67. The average Bonchev–Trinajstić information content (AvgIpc) is 2.79. The van der Waals surface area contributed by atoms with Crippen molar-refractivity contribution in [2.75, 3.05) is 11.1 Å². The van der Waals surface area contributed by atoms with Crippen molar-refractivity contribution in [3.63, 3.8) is 0 Å². The van der Waals surface area contributed by atoms with Crippen molar-refractivity contribution in [2.24, 2.45) is 0 Å². The van der Waals surface area contributed by atoms with Crippen LogP contribution in [-0.2, 0) is 12.8 Å². The number of anilines is 2. The molecule has 0 fully saturated rings. The van der Waals surface area contributed by atoms with Crippen molar-refractivity contribution in [1.82, 2.24) is 4.98 Å². The van der Waals surface area contributed by atoms with Crippen molar-refractivity contribution in [3.05, 3.63) is 39.4 Å². The van der Waals surface area contributed by atoms with Gasteiger partial charge in [-0.25, -0.2) is 4.98 Å². The Kier molecular flexibility index (Phi) is 3.63. The van der Waals surface area contributed by atoms with E-state index < -0.39 is 0 Å². The van der Waals surface area contributed by atoms with E-state index in [1.165, 1.54) is 17.7 Å². The molecule has 0 unspecified atom stereocenters. The molecule has 0 atom stereocenters. The molecule has 0 radical (unpaired) electrons. The Morgan fingerprint density at radius 3 is 2.85 bits per heavy atom. The number of nitrogen functional groups attached to an aromatic ring is 1. The highest BCUT2D eigenvalue weighted by atomic mass is 35.5. The zero-order valence-corrected chi connectivity index (χ0v) is 12.4. The summed E-state index contributed by atoms with van der Waals surface area (Å²) in [6.45, 7) is 0. The molecule has 0 saturated heterocycles. The van der Waals surface area contributed by atoms with Gasteiger partial charge in [0.15, 0.2) is 5.13 Å². The van der Waals surface area contributed by atoms with E-state index in [4.69, 9.17) is 17.3 Å². The fourth-order valence-electron chi connectivity index (χ4n) is 2.32. The molecule has 1 aromatic carbocycles. The van der Waals surface area contributed by atoms with Crippen LogP contribution in [0.4, 0.5) is 10.8 Å². The Labute approximate surface area is 126 Å². The molecule has 0 aliphatic heterocycles. The standard InChI is InChI=1S/C14H14ClN3OS/c15-9-5-8(6-10(16)7-9)13(19)18-14-17-11-3-1-2-4-12(11)20-14/h5-7H,1-4,16H2,(H,17,18,19). The van der Waals surface area contributed by atoms with Gasteiger partial charge in [-0.15, -0.1) is 11.3 Å². The van der Waals surface area contributed by atoms with Gasteiger partial charge in [-0.1, -0.05) is 11.6 Å². The molecule has 0 spiro atoms. The fourth-order valence-corrected chi connectivity index (χ4v) is 3.61. The molecule has 1 aliphatic carbocycles. The Bertz CT molecular complexity index is 625. The minimum Gasteiger partial charge on any atom is -0.399 e. The van der Waals surface area contributed by atoms with Gasteiger partial charge in [-0.3, -0.25) is 10.1 Å². The van der Waals surface area contributed by atoms with E-state index in [0.29, 0.717) is 21.4 Å². The largest absolute Gasteiger partial charge is 0.399 e. The van der Waals surface area contributed by atoms with Crippen LogP contribution >= 0.6 is 22.9 Å². The Balaban J connectivity index is 1.80. The summed E-state index contributed by atoms with van der Waals surface area (Å²) in [4.78, 5) is 17.9. The Morgan fingerprint density at radius 1 is 1.30 bits per heavy atom. The van der Waals surface area contributed by atoms with E-state index in [1.54, 1.807) is 29.5 Å². The third-order valence-corrected chi connectivity index (χ3v) is 4.54. The maximum absolute atomic E-state index is 12.2. The van der Waals surface area contributed by atoms with Gasteiger partial charge < -0.3 is 5.73 Å². The van der Waals surface area contributed by atoms with Gasteiger partial charge in [0.25, 0.3) is 5.91 Å². The summed E-state index contributed by atoms with van der Waals surface area (Å²) in [6.07, 6.45) is 4.45. The lowest BCUT2D eigenvalue weighted by atomic mass is 10.0. The second kappa shape index (κ2) is 5.42. The number of nitrogens with zero attached hydrogens (tertiary/aromatic N) is 1. The van der Waals surface area contributed by atoms with E-state index in [-0.39, 0.29) is 5.91 Å². The van der Waals surface area contributed by atoms with Gasteiger partial charge in [0.2, 0.25) is 0 Å². The minimum atomic E-state index is -0.231. The van der Waals surface area contributed by atoms with Crippen LogP contribution < -0.4 is 11.1 Å². The van der Waals surface area contributed by atoms with Crippen LogP contribution in [0.5, 0.6) is 0 Å². The number of hydrogen-bond acceptors (Lipinski definition) is 4. The van der Waals surface area contributed by atoms with Crippen molar-refractivity contribution >= 4 is 39.7 Å². The smallest absolute Gasteiger partial charge is 0.257 e. The molecule has 1 amide bonds. The second-order valence-electron chi connectivity index (χ2n) is 4.82. The number of amides is 1. The Morgan fingerprint density at radius 2 is 2.10 bits per heavy atom. The predicted molar refractivity (Wildman–Crippen MR) is 82.6 cm³/mol. The van der Waals surface area contributed by atoms with Gasteiger partial charge in [0, 0.05) is 21.2 Å². The number of aromatic nitrogens is 1. The van der Waals surface area contributed by atoms with Crippen LogP contribution in [-0.4, -0.2) is 10.9 Å². The molecule has 6 heteroatoms. The van der Waals surface area contributed by atoms with E-state index in [0.717, 1.165) is 18.5 Å². The molecular weight excluding hydrogens is 294 g/mol.